The number of ketones is 1. The van der Waals surface area contributed by atoms with Crippen molar-refractivity contribution < 1.29 is 9.53 Å². The second kappa shape index (κ2) is 5.17. The largest absolute Gasteiger partial charge is 0.379 e. The molecular weight excluding hydrogens is 196 g/mol. The third-order valence-electron chi connectivity index (χ3n) is 2.91. The third kappa shape index (κ3) is 3.62. The molecule has 0 amide bonds. The molecule has 1 unspecified atom stereocenters. The van der Waals surface area contributed by atoms with Crippen LogP contribution in [-0.2, 0) is 9.53 Å². The van der Waals surface area contributed by atoms with E-state index in [0.717, 1.165) is 24.3 Å². The van der Waals surface area contributed by atoms with Crippen molar-refractivity contribution in [1.82, 2.24) is 0 Å². The van der Waals surface area contributed by atoms with E-state index in [1.54, 1.807) is 7.11 Å². The number of methoxy groups -OCH3 is 1. The van der Waals surface area contributed by atoms with Crippen molar-refractivity contribution in [2.75, 3.05) is 18.6 Å². The summed E-state index contributed by atoms with van der Waals surface area (Å²) in [5, 5.41) is 0. The first-order valence-corrected chi connectivity index (χ1v) is 6.36. The van der Waals surface area contributed by atoms with Crippen molar-refractivity contribution in [1.29, 1.82) is 0 Å². The normalized spacial score (nSPS) is 22.6. The molecule has 14 heavy (non-hydrogen) atoms. The predicted molar refractivity (Wildman–Crippen MR) is 60.8 cm³/mol. The number of carbonyl (C=O) groups excluding carboxylic acids is 1. The zero-order chi connectivity index (χ0) is 10.6. The minimum atomic E-state index is -0.151. The molecule has 1 heterocycles. The summed E-state index contributed by atoms with van der Waals surface area (Å²) in [5.41, 5.74) is -0.151. The molecule has 0 radical (unpaired) electrons. The fourth-order valence-corrected chi connectivity index (χ4v) is 2.77. The minimum absolute atomic E-state index is 0.151. The van der Waals surface area contributed by atoms with Gasteiger partial charge < -0.3 is 4.74 Å². The van der Waals surface area contributed by atoms with Gasteiger partial charge in [0, 0.05) is 25.2 Å². The van der Waals surface area contributed by atoms with Gasteiger partial charge in [0.1, 0.15) is 5.78 Å². The van der Waals surface area contributed by atoms with Crippen molar-refractivity contribution >= 4 is 17.5 Å². The fraction of sp³-hybridized carbons (Fsp3) is 0.909. The van der Waals surface area contributed by atoms with E-state index >= 15 is 0 Å². The Morgan fingerprint density at radius 1 is 1.57 bits per heavy atom. The van der Waals surface area contributed by atoms with Crippen LogP contribution in [0.5, 0.6) is 0 Å². The van der Waals surface area contributed by atoms with E-state index in [1.165, 1.54) is 0 Å². The summed E-state index contributed by atoms with van der Waals surface area (Å²) in [7, 11) is 1.70. The summed E-state index contributed by atoms with van der Waals surface area (Å²) in [6, 6.07) is 0. The fourth-order valence-electron chi connectivity index (χ4n) is 1.52. The standard InChI is InChI=1S/C11H20O2S/c1-11(2,13-3)6-4-10(12)9-5-7-14-8-9/h9H,4-8H2,1-3H3. The van der Waals surface area contributed by atoms with Gasteiger partial charge in [0.05, 0.1) is 5.60 Å². The lowest BCUT2D eigenvalue weighted by molar-refractivity contribution is -0.123. The summed E-state index contributed by atoms with van der Waals surface area (Å²) >= 11 is 1.90. The van der Waals surface area contributed by atoms with Gasteiger partial charge >= 0.3 is 0 Å². The first kappa shape index (κ1) is 12.1. The second-order valence-electron chi connectivity index (χ2n) is 4.49. The Bertz CT molecular complexity index is 195. The highest BCUT2D eigenvalue weighted by Gasteiger charge is 2.25. The molecule has 1 saturated heterocycles. The van der Waals surface area contributed by atoms with Crippen molar-refractivity contribution in [3.8, 4) is 0 Å². The van der Waals surface area contributed by atoms with Crippen LogP contribution in [-0.4, -0.2) is 30.0 Å². The number of carbonyl (C=O) groups is 1. The maximum atomic E-state index is 11.7. The van der Waals surface area contributed by atoms with Gasteiger partial charge in [-0.25, -0.2) is 0 Å². The van der Waals surface area contributed by atoms with Crippen LogP contribution < -0.4 is 0 Å². The Balaban J connectivity index is 2.27. The number of rotatable bonds is 5. The topological polar surface area (TPSA) is 26.3 Å². The van der Waals surface area contributed by atoms with Gasteiger partial charge in [0.25, 0.3) is 0 Å². The molecule has 1 aliphatic heterocycles. The van der Waals surface area contributed by atoms with E-state index in [9.17, 15) is 4.79 Å². The molecule has 0 N–H and O–H groups in total. The monoisotopic (exact) mass is 216 g/mol. The number of ether oxygens (including phenoxy) is 1. The zero-order valence-electron chi connectivity index (χ0n) is 9.34. The van der Waals surface area contributed by atoms with Gasteiger partial charge in [0.2, 0.25) is 0 Å². The smallest absolute Gasteiger partial charge is 0.136 e. The van der Waals surface area contributed by atoms with Crippen molar-refractivity contribution in [2.45, 2.75) is 38.7 Å². The summed E-state index contributed by atoms with van der Waals surface area (Å²) in [5.74, 6) is 2.95. The molecule has 0 bridgehead atoms. The zero-order valence-corrected chi connectivity index (χ0v) is 10.2. The van der Waals surface area contributed by atoms with E-state index < -0.39 is 0 Å². The van der Waals surface area contributed by atoms with Crippen LogP contribution in [0, 0.1) is 5.92 Å². The molecule has 1 atom stereocenters. The van der Waals surface area contributed by atoms with Crippen molar-refractivity contribution in [2.24, 2.45) is 5.92 Å². The van der Waals surface area contributed by atoms with Crippen molar-refractivity contribution in [3.05, 3.63) is 0 Å². The Kier molecular flexibility index (Phi) is 4.45. The van der Waals surface area contributed by atoms with Crippen molar-refractivity contribution in [3.63, 3.8) is 0 Å². The SMILES string of the molecule is COC(C)(C)CCC(=O)C1CCSC1. The molecule has 0 aromatic rings. The van der Waals surface area contributed by atoms with Crippen LogP contribution in [0.25, 0.3) is 0 Å². The Hall–Kier alpha value is -0.0200. The van der Waals surface area contributed by atoms with Gasteiger partial charge in [-0.2, -0.15) is 11.8 Å². The molecule has 1 rings (SSSR count). The molecule has 3 heteroatoms. The van der Waals surface area contributed by atoms with Crippen LogP contribution in [0.2, 0.25) is 0 Å². The molecule has 0 saturated carbocycles. The molecule has 0 aromatic carbocycles. The summed E-state index contributed by atoms with van der Waals surface area (Å²) in [4.78, 5) is 11.7. The van der Waals surface area contributed by atoms with Crippen LogP contribution >= 0.6 is 11.8 Å². The van der Waals surface area contributed by atoms with Crippen LogP contribution in [0.1, 0.15) is 33.1 Å². The van der Waals surface area contributed by atoms with E-state index in [-0.39, 0.29) is 5.60 Å². The third-order valence-corrected chi connectivity index (χ3v) is 4.07. The summed E-state index contributed by atoms with van der Waals surface area (Å²) in [6.45, 7) is 4.06. The maximum absolute atomic E-state index is 11.7. The molecule has 0 aromatic heterocycles. The molecule has 2 nitrogen and oxygen atoms in total. The number of hydrogen-bond acceptors (Lipinski definition) is 3. The van der Waals surface area contributed by atoms with Gasteiger partial charge in [-0.05, 0) is 32.4 Å². The van der Waals surface area contributed by atoms with Crippen LogP contribution in [0.3, 0.4) is 0 Å². The lowest BCUT2D eigenvalue weighted by Crippen LogP contribution is -2.25. The summed E-state index contributed by atoms with van der Waals surface area (Å²) in [6.07, 6.45) is 2.59. The molecule has 0 spiro atoms. The summed E-state index contributed by atoms with van der Waals surface area (Å²) < 4.78 is 5.29. The predicted octanol–water partition coefficient (Wildman–Crippen LogP) is 2.51. The highest BCUT2D eigenvalue weighted by molar-refractivity contribution is 7.99. The molecule has 0 aliphatic carbocycles. The van der Waals surface area contributed by atoms with E-state index in [2.05, 4.69) is 0 Å². The van der Waals surface area contributed by atoms with Gasteiger partial charge in [-0.3, -0.25) is 4.79 Å². The second-order valence-corrected chi connectivity index (χ2v) is 5.64. The molecule has 1 fully saturated rings. The van der Waals surface area contributed by atoms with Crippen LogP contribution in [0.4, 0.5) is 0 Å². The first-order chi connectivity index (χ1) is 6.55. The first-order valence-electron chi connectivity index (χ1n) is 5.21. The quantitative estimate of drug-likeness (QED) is 0.706. The van der Waals surface area contributed by atoms with E-state index in [4.69, 9.17) is 4.74 Å². The molecule has 82 valence electrons. The molecule has 1 aliphatic rings. The molecular formula is C11H20O2S. The number of thioether (sulfide) groups is 1. The van der Waals surface area contributed by atoms with E-state index in [1.807, 2.05) is 25.6 Å². The lowest BCUT2D eigenvalue weighted by Gasteiger charge is -2.22. The Morgan fingerprint density at radius 3 is 2.79 bits per heavy atom. The van der Waals surface area contributed by atoms with Gasteiger partial charge in [0.15, 0.2) is 0 Å². The Morgan fingerprint density at radius 2 is 2.29 bits per heavy atom. The number of Topliss-reactive ketones (excluding diaryl/α,β-unsaturated/α-hetero) is 1. The van der Waals surface area contributed by atoms with Gasteiger partial charge in [-0.15, -0.1) is 0 Å². The maximum Gasteiger partial charge on any atom is 0.136 e. The average Bonchev–Trinajstić information content (AvgIpc) is 2.67. The van der Waals surface area contributed by atoms with Gasteiger partial charge in [-0.1, -0.05) is 0 Å². The number of hydrogen-bond donors (Lipinski definition) is 0. The Labute approximate surface area is 90.8 Å². The average molecular weight is 216 g/mol. The van der Waals surface area contributed by atoms with E-state index in [0.29, 0.717) is 18.1 Å². The highest BCUT2D eigenvalue weighted by Crippen LogP contribution is 2.26. The highest BCUT2D eigenvalue weighted by atomic mass is 32.2. The van der Waals surface area contributed by atoms with Crippen LogP contribution in [0.15, 0.2) is 0 Å². The minimum Gasteiger partial charge on any atom is -0.379 e. The lowest BCUT2D eigenvalue weighted by atomic mass is 9.94.